The summed E-state index contributed by atoms with van der Waals surface area (Å²) in [6.45, 7) is 3.69. The molecular weight excluding hydrogens is 396 g/mol. The standard InChI is InChI=1S/C20H26N2O4S2/c1-3-4-10-22(18-9-11-28(24,25)14-18)12-17-13-27-19(21-17)15-5-7-16(8-6-15)20(23)26-2/h5-8,13,18H,3-4,9-12,14H2,1-2H3. The fourth-order valence-electron chi connectivity index (χ4n) is 3.40. The van der Waals surface area contributed by atoms with E-state index in [2.05, 4.69) is 11.8 Å². The van der Waals surface area contributed by atoms with E-state index < -0.39 is 9.84 Å². The largest absolute Gasteiger partial charge is 0.465 e. The number of ether oxygens (including phenoxy) is 1. The van der Waals surface area contributed by atoms with Crippen LogP contribution in [-0.4, -0.2) is 55.5 Å². The van der Waals surface area contributed by atoms with E-state index >= 15 is 0 Å². The normalized spacial score (nSPS) is 18.5. The van der Waals surface area contributed by atoms with Gasteiger partial charge in [-0.2, -0.15) is 0 Å². The quantitative estimate of drug-likeness (QED) is 0.607. The van der Waals surface area contributed by atoms with Gasteiger partial charge < -0.3 is 4.74 Å². The smallest absolute Gasteiger partial charge is 0.337 e. The molecule has 0 aliphatic carbocycles. The zero-order valence-corrected chi connectivity index (χ0v) is 17.9. The average Bonchev–Trinajstić information content (AvgIpc) is 3.30. The van der Waals surface area contributed by atoms with Gasteiger partial charge in [0.2, 0.25) is 0 Å². The topological polar surface area (TPSA) is 76.6 Å². The first-order valence-electron chi connectivity index (χ1n) is 9.49. The molecule has 28 heavy (non-hydrogen) atoms. The minimum atomic E-state index is -2.91. The first kappa shape index (κ1) is 21.0. The highest BCUT2D eigenvalue weighted by Gasteiger charge is 2.32. The van der Waals surface area contributed by atoms with Gasteiger partial charge in [0.15, 0.2) is 9.84 Å². The van der Waals surface area contributed by atoms with E-state index in [0.29, 0.717) is 18.5 Å². The van der Waals surface area contributed by atoms with Crippen molar-refractivity contribution in [3.8, 4) is 10.6 Å². The summed E-state index contributed by atoms with van der Waals surface area (Å²) >= 11 is 1.56. The number of aromatic nitrogens is 1. The Hall–Kier alpha value is -1.77. The minimum Gasteiger partial charge on any atom is -0.465 e. The van der Waals surface area contributed by atoms with Gasteiger partial charge in [-0.3, -0.25) is 4.90 Å². The van der Waals surface area contributed by atoms with Crippen LogP contribution in [0.1, 0.15) is 42.2 Å². The third kappa shape index (κ3) is 5.18. The molecule has 152 valence electrons. The van der Waals surface area contributed by atoms with Crippen molar-refractivity contribution in [2.24, 2.45) is 0 Å². The number of nitrogens with zero attached hydrogens (tertiary/aromatic N) is 2. The average molecular weight is 423 g/mol. The molecule has 1 unspecified atom stereocenters. The van der Waals surface area contributed by atoms with Gasteiger partial charge in [-0.1, -0.05) is 25.5 Å². The summed E-state index contributed by atoms with van der Waals surface area (Å²) in [6, 6.07) is 7.29. The third-order valence-corrected chi connectivity index (χ3v) is 7.68. The molecular formula is C20H26N2O4S2. The summed E-state index contributed by atoms with van der Waals surface area (Å²) < 4.78 is 28.5. The number of unbranched alkanes of at least 4 members (excludes halogenated alkanes) is 1. The lowest BCUT2D eigenvalue weighted by Gasteiger charge is -2.27. The van der Waals surface area contributed by atoms with Gasteiger partial charge in [-0.25, -0.2) is 18.2 Å². The van der Waals surface area contributed by atoms with Gasteiger partial charge in [0.05, 0.1) is 29.9 Å². The molecule has 0 saturated carbocycles. The number of methoxy groups -OCH3 is 1. The lowest BCUT2D eigenvalue weighted by molar-refractivity contribution is 0.0600. The SMILES string of the molecule is CCCCN(Cc1csc(-c2ccc(C(=O)OC)cc2)n1)C1CCS(=O)(=O)C1. The first-order valence-corrected chi connectivity index (χ1v) is 12.2. The lowest BCUT2D eigenvalue weighted by atomic mass is 10.1. The Morgan fingerprint density at radius 2 is 2.07 bits per heavy atom. The van der Waals surface area contributed by atoms with Crippen molar-refractivity contribution >= 4 is 27.1 Å². The Balaban J connectivity index is 1.71. The molecule has 1 saturated heterocycles. The minimum absolute atomic E-state index is 0.0843. The summed E-state index contributed by atoms with van der Waals surface area (Å²) in [5, 5.41) is 2.92. The number of carbonyl (C=O) groups excluding carboxylic acids is 1. The predicted molar refractivity (Wildman–Crippen MR) is 111 cm³/mol. The second kappa shape index (κ2) is 9.15. The summed E-state index contributed by atoms with van der Waals surface area (Å²) in [5.74, 6) is 0.183. The number of benzene rings is 1. The molecule has 3 rings (SSSR count). The number of carbonyl (C=O) groups is 1. The van der Waals surface area contributed by atoms with E-state index in [-0.39, 0.29) is 23.5 Å². The van der Waals surface area contributed by atoms with Crippen molar-refractivity contribution < 1.29 is 17.9 Å². The summed E-state index contributed by atoms with van der Waals surface area (Å²) in [5.41, 5.74) is 2.42. The molecule has 0 radical (unpaired) electrons. The van der Waals surface area contributed by atoms with Crippen molar-refractivity contribution in [3.63, 3.8) is 0 Å². The summed E-state index contributed by atoms with van der Waals surface area (Å²) in [4.78, 5) is 18.6. The molecule has 1 aromatic heterocycles. The fourth-order valence-corrected chi connectivity index (χ4v) is 5.98. The number of thiazole rings is 1. The van der Waals surface area contributed by atoms with E-state index in [1.54, 1.807) is 23.5 Å². The highest BCUT2D eigenvalue weighted by molar-refractivity contribution is 7.91. The van der Waals surface area contributed by atoms with Crippen molar-refractivity contribution in [2.75, 3.05) is 25.2 Å². The van der Waals surface area contributed by atoms with Crippen molar-refractivity contribution in [3.05, 3.63) is 40.9 Å². The summed E-state index contributed by atoms with van der Waals surface area (Å²) in [7, 11) is -1.54. The van der Waals surface area contributed by atoms with Crippen molar-refractivity contribution in [2.45, 2.75) is 38.8 Å². The molecule has 1 aliphatic rings. The maximum atomic E-state index is 11.9. The molecule has 0 spiro atoms. The van der Waals surface area contributed by atoms with E-state index in [1.807, 2.05) is 17.5 Å². The Labute approximate surface area is 170 Å². The number of hydrogen-bond donors (Lipinski definition) is 0. The van der Waals surface area contributed by atoms with Crippen LogP contribution in [0.2, 0.25) is 0 Å². The van der Waals surface area contributed by atoms with E-state index in [9.17, 15) is 13.2 Å². The third-order valence-electron chi connectivity index (χ3n) is 4.99. The van der Waals surface area contributed by atoms with Crippen LogP contribution in [0.15, 0.2) is 29.6 Å². The second-order valence-corrected chi connectivity index (χ2v) is 10.2. The molecule has 1 aliphatic heterocycles. The molecule has 0 N–H and O–H groups in total. The molecule has 0 bridgehead atoms. The predicted octanol–water partition coefficient (Wildman–Crippen LogP) is 3.39. The van der Waals surface area contributed by atoms with E-state index in [1.165, 1.54) is 7.11 Å². The molecule has 0 amide bonds. The van der Waals surface area contributed by atoms with Gasteiger partial charge in [0.25, 0.3) is 0 Å². The van der Waals surface area contributed by atoms with Gasteiger partial charge in [0, 0.05) is 23.5 Å². The van der Waals surface area contributed by atoms with Crippen LogP contribution < -0.4 is 0 Å². The Morgan fingerprint density at radius 1 is 1.32 bits per heavy atom. The first-order chi connectivity index (χ1) is 13.4. The van der Waals surface area contributed by atoms with Crippen LogP contribution in [0.5, 0.6) is 0 Å². The fraction of sp³-hybridized carbons (Fsp3) is 0.500. The molecule has 2 aromatic rings. The van der Waals surface area contributed by atoms with E-state index in [0.717, 1.165) is 35.7 Å². The van der Waals surface area contributed by atoms with Crippen molar-refractivity contribution in [1.82, 2.24) is 9.88 Å². The highest BCUT2D eigenvalue weighted by atomic mass is 32.2. The van der Waals surface area contributed by atoms with Crippen LogP contribution in [-0.2, 0) is 21.1 Å². The monoisotopic (exact) mass is 422 g/mol. The number of hydrogen-bond acceptors (Lipinski definition) is 7. The number of esters is 1. The van der Waals surface area contributed by atoms with Gasteiger partial charge in [-0.05, 0) is 31.5 Å². The second-order valence-electron chi connectivity index (χ2n) is 7.09. The molecule has 6 nitrogen and oxygen atoms in total. The maximum Gasteiger partial charge on any atom is 0.337 e. The molecule has 1 aromatic carbocycles. The van der Waals surface area contributed by atoms with Crippen LogP contribution in [0.4, 0.5) is 0 Å². The zero-order valence-electron chi connectivity index (χ0n) is 16.3. The van der Waals surface area contributed by atoms with Crippen LogP contribution in [0.3, 0.4) is 0 Å². The van der Waals surface area contributed by atoms with Crippen LogP contribution in [0, 0.1) is 0 Å². The zero-order chi connectivity index (χ0) is 20.1. The lowest BCUT2D eigenvalue weighted by Crippen LogP contribution is -2.36. The van der Waals surface area contributed by atoms with Crippen LogP contribution in [0.25, 0.3) is 10.6 Å². The Bertz CT molecular complexity index is 907. The van der Waals surface area contributed by atoms with Gasteiger partial charge >= 0.3 is 5.97 Å². The number of sulfone groups is 1. The molecule has 1 atom stereocenters. The van der Waals surface area contributed by atoms with Crippen LogP contribution >= 0.6 is 11.3 Å². The maximum absolute atomic E-state index is 11.9. The highest BCUT2D eigenvalue weighted by Crippen LogP contribution is 2.26. The van der Waals surface area contributed by atoms with Crippen molar-refractivity contribution in [1.29, 1.82) is 0 Å². The molecule has 1 fully saturated rings. The molecule has 8 heteroatoms. The Kier molecular flexibility index (Phi) is 6.85. The molecule has 2 heterocycles. The van der Waals surface area contributed by atoms with Gasteiger partial charge in [0.1, 0.15) is 5.01 Å². The van der Waals surface area contributed by atoms with Gasteiger partial charge in [-0.15, -0.1) is 11.3 Å². The Morgan fingerprint density at radius 3 is 2.68 bits per heavy atom. The number of rotatable bonds is 8. The van der Waals surface area contributed by atoms with E-state index in [4.69, 9.17) is 9.72 Å². The summed E-state index contributed by atoms with van der Waals surface area (Å²) in [6.07, 6.45) is 2.82.